The van der Waals surface area contributed by atoms with Crippen LogP contribution in [0.1, 0.15) is 28.7 Å². The van der Waals surface area contributed by atoms with Gasteiger partial charge in [-0.05, 0) is 54.3 Å². The number of nitrogens with zero attached hydrogens (tertiary/aromatic N) is 1. The number of hydrogen-bond donors (Lipinski definition) is 2. The van der Waals surface area contributed by atoms with Gasteiger partial charge in [-0.15, -0.1) is 0 Å². The molecule has 0 aliphatic heterocycles. The SMILES string of the molecule is COc1cc(NC(=O)N(C)c2cccc(OCCCNCC(Cc3cccc(C(F)(F)F)c3Cl)(c3ccccc3)c3ccccc3)c2)cc(OC)c1. The van der Waals surface area contributed by atoms with E-state index in [0.29, 0.717) is 60.3 Å². The molecule has 5 aromatic rings. The number of anilines is 2. The maximum atomic E-state index is 13.8. The first kappa shape index (κ1) is 38.1. The van der Waals surface area contributed by atoms with Crippen molar-refractivity contribution in [1.29, 1.82) is 0 Å². The van der Waals surface area contributed by atoms with Gasteiger partial charge in [-0.25, -0.2) is 4.79 Å². The summed E-state index contributed by atoms with van der Waals surface area (Å²) in [7, 11) is 4.74. The van der Waals surface area contributed by atoms with E-state index in [-0.39, 0.29) is 17.5 Å². The van der Waals surface area contributed by atoms with Crippen molar-refractivity contribution in [3.63, 3.8) is 0 Å². The molecule has 0 fully saturated rings. The van der Waals surface area contributed by atoms with Crippen molar-refractivity contribution >= 4 is 29.0 Å². The highest BCUT2D eigenvalue weighted by Crippen LogP contribution is 2.41. The van der Waals surface area contributed by atoms with Crippen molar-refractivity contribution in [2.45, 2.75) is 24.4 Å². The number of hydrogen-bond acceptors (Lipinski definition) is 5. The maximum Gasteiger partial charge on any atom is 0.417 e. The molecule has 0 saturated carbocycles. The summed E-state index contributed by atoms with van der Waals surface area (Å²) in [6, 6.07) is 35.6. The highest BCUT2D eigenvalue weighted by molar-refractivity contribution is 6.32. The lowest BCUT2D eigenvalue weighted by Crippen LogP contribution is -2.42. The van der Waals surface area contributed by atoms with E-state index in [1.54, 1.807) is 37.4 Å². The second kappa shape index (κ2) is 17.4. The van der Waals surface area contributed by atoms with Crippen LogP contribution in [0.25, 0.3) is 0 Å². The Bertz CT molecular complexity index is 1860. The lowest BCUT2D eigenvalue weighted by atomic mass is 9.70. The van der Waals surface area contributed by atoms with Crippen LogP contribution in [0.5, 0.6) is 17.2 Å². The van der Waals surface area contributed by atoms with Gasteiger partial charge in [0.05, 0.1) is 31.4 Å². The Kier molecular flexibility index (Phi) is 12.7. The van der Waals surface area contributed by atoms with Crippen LogP contribution < -0.4 is 29.7 Å². The molecule has 0 saturated heterocycles. The van der Waals surface area contributed by atoms with Crippen molar-refractivity contribution in [2.75, 3.05) is 51.2 Å². The minimum Gasteiger partial charge on any atom is -0.497 e. The zero-order valence-electron chi connectivity index (χ0n) is 29.2. The Balaban J connectivity index is 1.25. The molecule has 52 heavy (non-hydrogen) atoms. The van der Waals surface area contributed by atoms with Gasteiger partial charge in [0.2, 0.25) is 0 Å². The number of carbonyl (C=O) groups excluding carboxylic acids is 1. The van der Waals surface area contributed by atoms with Gasteiger partial charge in [-0.2, -0.15) is 13.2 Å². The van der Waals surface area contributed by atoms with E-state index in [9.17, 15) is 18.0 Å². The molecule has 0 heterocycles. The standard InChI is InChI=1S/C41H41ClF3N3O4/c1-48(39(49)47-32-23-35(50-2)26-36(24-32)51-3)33-18-11-19-34(25-33)52-22-12-21-46-28-40(30-14-6-4-7-15-30,31-16-8-5-9-17-31)27-29-13-10-20-37(38(29)42)41(43,44)45/h4-11,13-20,23-26,46H,12,21-22,27-28H2,1-3H3,(H,47,49). The van der Waals surface area contributed by atoms with Crippen molar-refractivity contribution in [3.05, 3.63) is 149 Å². The van der Waals surface area contributed by atoms with Crippen LogP contribution >= 0.6 is 11.6 Å². The predicted molar refractivity (Wildman–Crippen MR) is 200 cm³/mol. The maximum absolute atomic E-state index is 13.8. The van der Waals surface area contributed by atoms with Crippen molar-refractivity contribution in [1.82, 2.24) is 5.32 Å². The summed E-state index contributed by atoms with van der Waals surface area (Å²) in [6.45, 7) is 1.39. The number of halogens is 4. The van der Waals surface area contributed by atoms with Crippen LogP contribution in [0.2, 0.25) is 5.02 Å². The van der Waals surface area contributed by atoms with E-state index in [1.165, 1.54) is 25.2 Å². The average Bonchev–Trinajstić information content (AvgIpc) is 3.16. The predicted octanol–water partition coefficient (Wildman–Crippen LogP) is 9.63. The molecule has 0 bridgehead atoms. The highest BCUT2D eigenvalue weighted by atomic mass is 35.5. The number of ether oxygens (including phenoxy) is 3. The van der Waals surface area contributed by atoms with E-state index >= 15 is 0 Å². The van der Waals surface area contributed by atoms with Gasteiger partial charge in [0.25, 0.3) is 0 Å². The first-order chi connectivity index (χ1) is 25.0. The zero-order chi connectivity index (χ0) is 37.1. The number of nitrogens with one attached hydrogen (secondary N) is 2. The summed E-state index contributed by atoms with van der Waals surface area (Å²) < 4.78 is 58.2. The number of urea groups is 1. The molecule has 0 spiro atoms. The van der Waals surface area contributed by atoms with Crippen molar-refractivity contribution in [2.24, 2.45) is 0 Å². The minimum absolute atomic E-state index is 0.243. The van der Waals surface area contributed by atoms with Gasteiger partial charge >= 0.3 is 12.2 Å². The molecule has 0 aromatic heterocycles. The normalized spacial score (nSPS) is 11.5. The number of benzene rings is 5. The molecule has 0 atom stereocenters. The molecule has 5 rings (SSSR count). The number of rotatable bonds is 15. The third-order valence-electron chi connectivity index (χ3n) is 8.83. The van der Waals surface area contributed by atoms with Crippen LogP contribution in [0.3, 0.4) is 0 Å². The lowest BCUT2D eigenvalue weighted by molar-refractivity contribution is -0.137. The molecular weight excluding hydrogens is 691 g/mol. The fraction of sp³-hybridized carbons (Fsp3) is 0.244. The van der Waals surface area contributed by atoms with E-state index in [4.69, 9.17) is 25.8 Å². The summed E-state index contributed by atoms with van der Waals surface area (Å²) in [6.07, 6.45) is -3.69. The van der Waals surface area contributed by atoms with E-state index in [2.05, 4.69) is 10.6 Å². The van der Waals surface area contributed by atoms with Crippen LogP contribution in [0, 0.1) is 0 Å². The fourth-order valence-electron chi connectivity index (χ4n) is 6.09. The average molecular weight is 732 g/mol. The van der Waals surface area contributed by atoms with Crippen molar-refractivity contribution < 1.29 is 32.2 Å². The number of alkyl halides is 3. The largest absolute Gasteiger partial charge is 0.497 e. The minimum atomic E-state index is -4.57. The number of methoxy groups -OCH3 is 2. The molecule has 0 aliphatic rings. The summed E-state index contributed by atoms with van der Waals surface area (Å²) in [5.41, 5.74) is 1.90. The summed E-state index contributed by atoms with van der Waals surface area (Å²) in [5.74, 6) is 1.70. The molecule has 0 unspecified atom stereocenters. The van der Waals surface area contributed by atoms with Crippen LogP contribution in [0.15, 0.2) is 121 Å². The van der Waals surface area contributed by atoms with Gasteiger partial charge in [0.15, 0.2) is 0 Å². The van der Waals surface area contributed by atoms with Crippen LogP contribution in [-0.2, 0) is 18.0 Å². The smallest absolute Gasteiger partial charge is 0.417 e. The molecule has 0 radical (unpaired) electrons. The third kappa shape index (κ3) is 9.37. The van der Waals surface area contributed by atoms with Crippen LogP contribution in [-0.4, -0.2) is 47.0 Å². The highest BCUT2D eigenvalue weighted by Gasteiger charge is 2.38. The van der Waals surface area contributed by atoms with E-state index < -0.39 is 17.2 Å². The van der Waals surface area contributed by atoms with Crippen LogP contribution in [0.4, 0.5) is 29.3 Å². The first-order valence-corrected chi connectivity index (χ1v) is 17.1. The topological polar surface area (TPSA) is 72.1 Å². The molecule has 7 nitrogen and oxygen atoms in total. The van der Waals surface area contributed by atoms with Gasteiger partial charge in [-0.3, -0.25) is 4.90 Å². The Morgan fingerprint density at radius 1 is 0.769 bits per heavy atom. The van der Waals surface area contributed by atoms with Crippen molar-refractivity contribution in [3.8, 4) is 17.2 Å². The van der Waals surface area contributed by atoms with Gasteiger partial charge in [-0.1, -0.05) is 90.5 Å². The Morgan fingerprint density at radius 3 is 1.98 bits per heavy atom. The van der Waals surface area contributed by atoms with Gasteiger partial charge in [0, 0.05) is 54.6 Å². The molecule has 0 aliphatic carbocycles. The summed E-state index contributed by atoms with van der Waals surface area (Å²) in [4.78, 5) is 14.5. The van der Waals surface area contributed by atoms with Gasteiger partial charge in [0.1, 0.15) is 17.2 Å². The number of carbonyl (C=O) groups is 1. The molecule has 11 heteroatoms. The lowest BCUT2D eigenvalue weighted by Gasteiger charge is -2.36. The van der Waals surface area contributed by atoms with E-state index in [1.807, 2.05) is 78.9 Å². The first-order valence-electron chi connectivity index (χ1n) is 16.7. The zero-order valence-corrected chi connectivity index (χ0v) is 29.9. The van der Waals surface area contributed by atoms with E-state index in [0.717, 1.165) is 17.2 Å². The monoisotopic (exact) mass is 731 g/mol. The summed E-state index contributed by atoms with van der Waals surface area (Å²) in [5, 5.41) is 6.13. The molecular formula is C41H41ClF3N3O4. The third-order valence-corrected chi connectivity index (χ3v) is 9.28. The molecule has 272 valence electrons. The molecule has 2 amide bonds. The van der Waals surface area contributed by atoms with Gasteiger partial charge < -0.3 is 24.8 Å². The second-order valence-corrected chi connectivity index (χ2v) is 12.6. The Labute approximate surface area is 307 Å². The molecule has 2 N–H and O–H groups in total. The summed E-state index contributed by atoms with van der Waals surface area (Å²) >= 11 is 6.45. The Morgan fingerprint density at radius 2 is 1.38 bits per heavy atom. The quantitative estimate of drug-likeness (QED) is 0.105. The fourth-order valence-corrected chi connectivity index (χ4v) is 6.39. The Hall–Kier alpha value is -5.19. The number of amides is 2. The molecule has 5 aromatic carbocycles. The second-order valence-electron chi connectivity index (χ2n) is 12.2.